The molecule has 0 aromatic heterocycles. The summed E-state index contributed by atoms with van der Waals surface area (Å²) in [5, 5.41) is 0. The van der Waals surface area contributed by atoms with Crippen molar-refractivity contribution < 1.29 is 4.39 Å². The molecule has 2 aromatic rings. The first-order valence-corrected chi connectivity index (χ1v) is 7.54. The van der Waals surface area contributed by atoms with E-state index >= 15 is 0 Å². The van der Waals surface area contributed by atoms with Crippen LogP contribution in [0.2, 0.25) is 0 Å². The van der Waals surface area contributed by atoms with Crippen LogP contribution in [-0.2, 0) is 6.42 Å². The molecule has 0 radical (unpaired) electrons. The van der Waals surface area contributed by atoms with Crippen molar-refractivity contribution in [3.05, 3.63) is 69.4 Å². The number of alkyl halides is 1. The molecule has 0 nitrogen and oxygen atoms in total. The highest BCUT2D eigenvalue weighted by atomic mass is 79.9. The van der Waals surface area contributed by atoms with Crippen LogP contribution in [0.25, 0.3) is 0 Å². The van der Waals surface area contributed by atoms with Gasteiger partial charge < -0.3 is 0 Å². The van der Waals surface area contributed by atoms with E-state index in [1.165, 1.54) is 17.2 Å². The van der Waals surface area contributed by atoms with E-state index in [-0.39, 0.29) is 10.6 Å². The van der Waals surface area contributed by atoms with E-state index in [0.29, 0.717) is 10.4 Å². The highest BCUT2D eigenvalue weighted by Gasteiger charge is 2.32. The lowest BCUT2D eigenvalue weighted by Gasteiger charge is -2.34. The van der Waals surface area contributed by atoms with Gasteiger partial charge in [0.25, 0.3) is 0 Å². The fourth-order valence-corrected chi connectivity index (χ4v) is 3.63. The Hall–Kier alpha value is -0.670. The lowest BCUT2D eigenvalue weighted by Crippen LogP contribution is -2.20. The Morgan fingerprint density at radius 2 is 1.94 bits per heavy atom. The molecule has 0 saturated heterocycles. The van der Waals surface area contributed by atoms with Gasteiger partial charge in [0, 0.05) is 10.7 Å². The second kappa shape index (κ2) is 4.78. The van der Waals surface area contributed by atoms with E-state index in [4.69, 9.17) is 0 Å². The van der Waals surface area contributed by atoms with Gasteiger partial charge in [-0.1, -0.05) is 46.3 Å². The van der Waals surface area contributed by atoms with Gasteiger partial charge in [0.15, 0.2) is 0 Å². The third-order valence-electron chi connectivity index (χ3n) is 3.51. The maximum atomic E-state index is 13.2. The predicted octanol–water partition coefficient (Wildman–Crippen LogP) is 5.36. The fourth-order valence-electron chi connectivity index (χ4n) is 2.47. The molecule has 0 spiro atoms. The van der Waals surface area contributed by atoms with Crippen molar-refractivity contribution in [2.24, 2.45) is 0 Å². The molecule has 2 unspecified atom stereocenters. The standard InChI is InChI=1S/C15H11Br2F/c16-13-8-10(5-6-14(13)18)15(17)12-7-9-3-1-2-4-11(9)12/h1-6,8,12,15H,7H2. The summed E-state index contributed by atoms with van der Waals surface area (Å²) >= 11 is 6.99. The van der Waals surface area contributed by atoms with Crippen LogP contribution in [0.5, 0.6) is 0 Å². The summed E-state index contributed by atoms with van der Waals surface area (Å²) in [5.41, 5.74) is 3.94. The van der Waals surface area contributed by atoms with Crippen molar-refractivity contribution in [3.8, 4) is 0 Å². The van der Waals surface area contributed by atoms with E-state index < -0.39 is 0 Å². The van der Waals surface area contributed by atoms with Crippen LogP contribution in [0.3, 0.4) is 0 Å². The number of fused-ring (bicyclic) bond motifs is 1. The third-order valence-corrected chi connectivity index (χ3v) is 5.28. The highest BCUT2D eigenvalue weighted by molar-refractivity contribution is 9.10. The molecule has 0 N–H and O–H groups in total. The van der Waals surface area contributed by atoms with E-state index in [2.05, 4.69) is 56.1 Å². The Balaban J connectivity index is 1.88. The van der Waals surface area contributed by atoms with Crippen molar-refractivity contribution in [2.75, 3.05) is 0 Å². The molecule has 0 bridgehead atoms. The van der Waals surface area contributed by atoms with Gasteiger partial charge in [0.1, 0.15) is 5.82 Å². The number of rotatable bonds is 2. The van der Waals surface area contributed by atoms with Crippen molar-refractivity contribution in [3.63, 3.8) is 0 Å². The minimum Gasteiger partial charge on any atom is -0.206 e. The molecule has 2 aromatic carbocycles. The van der Waals surface area contributed by atoms with Crippen molar-refractivity contribution in [1.82, 2.24) is 0 Å². The number of benzene rings is 2. The summed E-state index contributed by atoms with van der Waals surface area (Å²) in [6.45, 7) is 0. The van der Waals surface area contributed by atoms with Gasteiger partial charge in [-0.3, -0.25) is 0 Å². The first kappa shape index (κ1) is 12.4. The number of hydrogen-bond acceptors (Lipinski definition) is 0. The van der Waals surface area contributed by atoms with Crippen LogP contribution in [0.4, 0.5) is 4.39 Å². The van der Waals surface area contributed by atoms with Gasteiger partial charge in [0.05, 0.1) is 4.47 Å². The maximum Gasteiger partial charge on any atom is 0.137 e. The molecule has 3 heteroatoms. The molecule has 1 aliphatic rings. The van der Waals surface area contributed by atoms with Crippen LogP contribution in [0.1, 0.15) is 27.4 Å². The monoisotopic (exact) mass is 368 g/mol. The zero-order chi connectivity index (χ0) is 12.7. The summed E-state index contributed by atoms with van der Waals surface area (Å²) in [5.74, 6) is 0.269. The van der Waals surface area contributed by atoms with Crippen LogP contribution in [-0.4, -0.2) is 0 Å². The molecule has 2 atom stereocenters. The molecular weight excluding hydrogens is 359 g/mol. The second-order valence-corrected chi connectivity index (χ2v) is 6.43. The average Bonchev–Trinajstić information content (AvgIpc) is 2.34. The SMILES string of the molecule is Fc1ccc(C(Br)C2Cc3ccccc32)cc1Br. The molecule has 1 aliphatic carbocycles. The van der Waals surface area contributed by atoms with E-state index in [0.717, 1.165) is 12.0 Å². The minimum atomic E-state index is -0.215. The van der Waals surface area contributed by atoms with E-state index in [1.807, 2.05) is 12.1 Å². The van der Waals surface area contributed by atoms with Crippen LogP contribution in [0, 0.1) is 5.82 Å². The first-order chi connectivity index (χ1) is 8.66. The van der Waals surface area contributed by atoms with E-state index in [1.54, 1.807) is 0 Å². The highest BCUT2D eigenvalue weighted by Crippen LogP contribution is 2.48. The van der Waals surface area contributed by atoms with Gasteiger partial charge in [-0.15, -0.1) is 0 Å². The molecule has 0 fully saturated rings. The molecule has 0 heterocycles. The Morgan fingerprint density at radius 3 is 2.67 bits per heavy atom. The molecule has 0 amide bonds. The van der Waals surface area contributed by atoms with E-state index in [9.17, 15) is 4.39 Å². The Kier molecular flexibility index (Phi) is 3.29. The minimum absolute atomic E-state index is 0.215. The fraction of sp³-hybridized carbons (Fsp3) is 0.200. The topological polar surface area (TPSA) is 0 Å². The summed E-state index contributed by atoms with van der Waals surface area (Å²) in [6, 6.07) is 13.7. The molecule has 3 rings (SSSR count). The van der Waals surface area contributed by atoms with Gasteiger partial charge in [0.2, 0.25) is 0 Å². The predicted molar refractivity (Wildman–Crippen MR) is 78.7 cm³/mol. The van der Waals surface area contributed by atoms with Crippen molar-refractivity contribution in [1.29, 1.82) is 0 Å². The number of hydrogen-bond donors (Lipinski definition) is 0. The van der Waals surface area contributed by atoms with Gasteiger partial charge in [-0.2, -0.15) is 0 Å². The van der Waals surface area contributed by atoms with Crippen LogP contribution >= 0.6 is 31.9 Å². The van der Waals surface area contributed by atoms with Crippen molar-refractivity contribution >= 4 is 31.9 Å². The summed E-state index contributed by atoms with van der Waals surface area (Å²) in [6.07, 6.45) is 1.08. The maximum absolute atomic E-state index is 13.2. The molecule has 18 heavy (non-hydrogen) atoms. The lowest BCUT2D eigenvalue weighted by molar-refractivity contribution is 0.594. The third kappa shape index (κ3) is 2.04. The smallest absolute Gasteiger partial charge is 0.137 e. The lowest BCUT2D eigenvalue weighted by atomic mass is 9.74. The second-order valence-electron chi connectivity index (χ2n) is 4.58. The number of halogens is 3. The molecular formula is C15H11Br2F. The normalized spacial score (nSPS) is 18.9. The zero-order valence-electron chi connectivity index (χ0n) is 9.54. The van der Waals surface area contributed by atoms with Crippen LogP contribution in [0.15, 0.2) is 46.9 Å². The molecule has 92 valence electrons. The Bertz CT molecular complexity index is 595. The molecule has 0 saturated carbocycles. The van der Waals surface area contributed by atoms with Gasteiger partial charge >= 0.3 is 0 Å². The largest absolute Gasteiger partial charge is 0.206 e. The van der Waals surface area contributed by atoms with Crippen LogP contribution < -0.4 is 0 Å². The Labute approximate surface area is 122 Å². The first-order valence-electron chi connectivity index (χ1n) is 5.83. The Morgan fingerprint density at radius 1 is 1.17 bits per heavy atom. The summed E-state index contributed by atoms with van der Waals surface area (Å²) in [7, 11) is 0. The van der Waals surface area contributed by atoms with Gasteiger partial charge in [-0.05, 0) is 51.2 Å². The quantitative estimate of drug-likeness (QED) is 0.624. The average molecular weight is 370 g/mol. The molecule has 0 aliphatic heterocycles. The zero-order valence-corrected chi connectivity index (χ0v) is 12.7. The van der Waals surface area contributed by atoms with Crippen molar-refractivity contribution in [2.45, 2.75) is 17.2 Å². The van der Waals surface area contributed by atoms with Gasteiger partial charge in [-0.25, -0.2) is 4.39 Å². The summed E-state index contributed by atoms with van der Waals surface area (Å²) in [4.78, 5) is 0.240. The summed E-state index contributed by atoms with van der Waals surface area (Å²) < 4.78 is 13.8.